The van der Waals surface area contributed by atoms with Gasteiger partial charge in [-0.15, -0.1) is 0 Å². The van der Waals surface area contributed by atoms with Crippen LogP contribution in [0.4, 0.5) is 11.4 Å². The number of anilines is 2. The molecule has 2 aromatic carbocycles. The number of carbonyl (C=O) groups is 3. The molecule has 0 atom stereocenters. The molecule has 0 unspecified atom stereocenters. The van der Waals surface area contributed by atoms with E-state index in [1.165, 1.54) is 7.11 Å². The second kappa shape index (κ2) is 9.96. The lowest BCUT2D eigenvalue weighted by Crippen LogP contribution is -2.14. The van der Waals surface area contributed by atoms with E-state index in [0.29, 0.717) is 23.5 Å². The molecule has 7 nitrogen and oxygen atoms in total. The molecule has 0 saturated heterocycles. The van der Waals surface area contributed by atoms with Crippen LogP contribution >= 0.6 is 0 Å². The quantitative estimate of drug-likeness (QED) is 0.696. The van der Waals surface area contributed by atoms with Crippen LogP contribution in [0.3, 0.4) is 0 Å². The average molecular weight is 370 g/mol. The van der Waals surface area contributed by atoms with Crippen molar-refractivity contribution in [1.29, 1.82) is 0 Å². The predicted molar refractivity (Wildman–Crippen MR) is 102 cm³/mol. The van der Waals surface area contributed by atoms with Crippen molar-refractivity contribution in [3.05, 3.63) is 54.1 Å². The third kappa shape index (κ3) is 6.47. The summed E-state index contributed by atoms with van der Waals surface area (Å²) in [5.41, 5.74) is 1.66. The molecule has 0 fully saturated rings. The molecule has 2 amide bonds. The highest BCUT2D eigenvalue weighted by Crippen LogP contribution is 2.17. The van der Waals surface area contributed by atoms with Gasteiger partial charge in [0.05, 0.1) is 20.1 Å². The van der Waals surface area contributed by atoms with Gasteiger partial charge < -0.3 is 20.1 Å². The van der Waals surface area contributed by atoms with Gasteiger partial charge in [0.2, 0.25) is 5.91 Å². The minimum Gasteiger partial charge on any atom is -0.494 e. The van der Waals surface area contributed by atoms with Gasteiger partial charge in [-0.05, 0) is 55.5 Å². The molecule has 142 valence electrons. The van der Waals surface area contributed by atoms with Gasteiger partial charge in [-0.25, -0.2) is 0 Å². The number of rotatable bonds is 8. The summed E-state index contributed by atoms with van der Waals surface area (Å²) in [4.78, 5) is 35.1. The molecule has 27 heavy (non-hydrogen) atoms. The fourth-order valence-corrected chi connectivity index (χ4v) is 2.25. The van der Waals surface area contributed by atoms with Gasteiger partial charge in [0.15, 0.2) is 0 Å². The van der Waals surface area contributed by atoms with Gasteiger partial charge in [0.1, 0.15) is 5.75 Å². The first-order valence-electron chi connectivity index (χ1n) is 8.52. The van der Waals surface area contributed by atoms with E-state index in [2.05, 4.69) is 15.4 Å². The number of nitrogens with one attached hydrogen (secondary N) is 2. The number of esters is 1. The summed E-state index contributed by atoms with van der Waals surface area (Å²) in [6, 6.07) is 13.6. The SMILES string of the molecule is CCOc1ccc(NC(=O)c2ccc(NC(=O)CCC(=O)OC)cc2)cc1. The maximum Gasteiger partial charge on any atom is 0.306 e. The van der Waals surface area contributed by atoms with Crippen molar-refractivity contribution in [2.75, 3.05) is 24.4 Å². The minimum atomic E-state index is -0.438. The normalized spacial score (nSPS) is 10.0. The van der Waals surface area contributed by atoms with E-state index in [-0.39, 0.29) is 24.7 Å². The van der Waals surface area contributed by atoms with Crippen molar-refractivity contribution in [3.63, 3.8) is 0 Å². The van der Waals surface area contributed by atoms with E-state index < -0.39 is 5.97 Å². The van der Waals surface area contributed by atoms with Crippen molar-refractivity contribution in [3.8, 4) is 5.75 Å². The average Bonchev–Trinajstić information content (AvgIpc) is 2.68. The van der Waals surface area contributed by atoms with Crippen LogP contribution in [0, 0.1) is 0 Å². The third-order valence-electron chi connectivity index (χ3n) is 3.64. The number of ether oxygens (including phenoxy) is 2. The number of amides is 2. The molecule has 0 aliphatic carbocycles. The zero-order chi connectivity index (χ0) is 19.6. The van der Waals surface area contributed by atoms with E-state index in [1.54, 1.807) is 48.5 Å². The van der Waals surface area contributed by atoms with E-state index in [4.69, 9.17) is 4.74 Å². The first-order valence-corrected chi connectivity index (χ1v) is 8.52. The Balaban J connectivity index is 1.89. The third-order valence-corrected chi connectivity index (χ3v) is 3.64. The van der Waals surface area contributed by atoms with E-state index in [0.717, 1.165) is 5.75 Å². The van der Waals surface area contributed by atoms with Gasteiger partial charge in [0, 0.05) is 23.4 Å². The lowest BCUT2D eigenvalue weighted by molar-refractivity contribution is -0.141. The molecule has 2 N–H and O–H groups in total. The van der Waals surface area contributed by atoms with Crippen LogP contribution in [0.15, 0.2) is 48.5 Å². The van der Waals surface area contributed by atoms with Gasteiger partial charge in [-0.1, -0.05) is 0 Å². The Kier molecular flexibility index (Phi) is 7.37. The van der Waals surface area contributed by atoms with E-state index in [1.807, 2.05) is 6.92 Å². The zero-order valence-corrected chi connectivity index (χ0v) is 15.3. The van der Waals surface area contributed by atoms with Crippen LogP contribution in [0.2, 0.25) is 0 Å². The van der Waals surface area contributed by atoms with Crippen LogP contribution in [0.5, 0.6) is 5.75 Å². The summed E-state index contributed by atoms with van der Waals surface area (Å²) in [5, 5.41) is 5.46. The van der Waals surface area contributed by atoms with E-state index >= 15 is 0 Å². The fourth-order valence-electron chi connectivity index (χ4n) is 2.25. The van der Waals surface area contributed by atoms with Crippen LogP contribution in [-0.2, 0) is 14.3 Å². The Morgan fingerprint density at radius 2 is 1.44 bits per heavy atom. The molecule has 0 radical (unpaired) electrons. The Morgan fingerprint density at radius 3 is 2.04 bits per heavy atom. The second-order valence-corrected chi connectivity index (χ2v) is 5.61. The molecule has 0 aliphatic heterocycles. The predicted octanol–water partition coefficient (Wildman–Crippen LogP) is 3.23. The van der Waals surface area contributed by atoms with Crippen molar-refractivity contribution in [2.24, 2.45) is 0 Å². The van der Waals surface area contributed by atoms with Crippen molar-refractivity contribution < 1.29 is 23.9 Å². The van der Waals surface area contributed by atoms with Gasteiger partial charge in [-0.3, -0.25) is 14.4 Å². The summed E-state index contributed by atoms with van der Waals surface area (Å²) in [6.45, 7) is 2.48. The Labute approximate surface area is 157 Å². The smallest absolute Gasteiger partial charge is 0.306 e. The lowest BCUT2D eigenvalue weighted by atomic mass is 10.2. The van der Waals surface area contributed by atoms with Crippen LogP contribution in [0.25, 0.3) is 0 Å². The lowest BCUT2D eigenvalue weighted by Gasteiger charge is -2.08. The monoisotopic (exact) mass is 370 g/mol. The highest BCUT2D eigenvalue weighted by Gasteiger charge is 2.09. The van der Waals surface area contributed by atoms with Crippen molar-refractivity contribution in [2.45, 2.75) is 19.8 Å². The number of carbonyl (C=O) groups excluding carboxylic acids is 3. The highest BCUT2D eigenvalue weighted by atomic mass is 16.5. The number of benzene rings is 2. The molecule has 0 aliphatic rings. The zero-order valence-electron chi connectivity index (χ0n) is 15.3. The van der Waals surface area contributed by atoms with Crippen LogP contribution in [0.1, 0.15) is 30.1 Å². The number of methoxy groups -OCH3 is 1. The maximum absolute atomic E-state index is 12.3. The Bertz CT molecular complexity index is 785. The molecule has 0 aromatic heterocycles. The summed E-state index contributed by atoms with van der Waals surface area (Å²) in [6.07, 6.45) is 0.0531. The van der Waals surface area contributed by atoms with Gasteiger partial charge in [0.25, 0.3) is 5.91 Å². The summed E-state index contributed by atoms with van der Waals surface area (Å²) >= 11 is 0. The molecular formula is C20H22N2O5. The maximum atomic E-state index is 12.3. The summed E-state index contributed by atoms with van der Waals surface area (Å²) in [7, 11) is 1.28. The second-order valence-electron chi connectivity index (χ2n) is 5.61. The van der Waals surface area contributed by atoms with Crippen molar-refractivity contribution >= 4 is 29.2 Å². The summed E-state index contributed by atoms with van der Waals surface area (Å²) in [5.74, 6) is -0.260. The van der Waals surface area contributed by atoms with E-state index in [9.17, 15) is 14.4 Å². The Hall–Kier alpha value is -3.35. The first-order chi connectivity index (χ1) is 13.0. The standard InChI is InChI=1S/C20H22N2O5/c1-3-27-17-10-8-16(9-11-17)22-20(25)14-4-6-15(7-5-14)21-18(23)12-13-19(24)26-2/h4-11H,3,12-13H2,1-2H3,(H,21,23)(H,22,25). The van der Waals surface area contributed by atoms with Gasteiger partial charge in [-0.2, -0.15) is 0 Å². The first kappa shape index (κ1) is 20.0. The summed E-state index contributed by atoms with van der Waals surface area (Å²) < 4.78 is 9.85. The highest BCUT2D eigenvalue weighted by molar-refractivity contribution is 6.04. The molecule has 2 aromatic rings. The molecule has 7 heteroatoms. The van der Waals surface area contributed by atoms with Crippen LogP contribution < -0.4 is 15.4 Å². The molecular weight excluding hydrogens is 348 g/mol. The largest absolute Gasteiger partial charge is 0.494 e. The van der Waals surface area contributed by atoms with Gasteiger partial charge >= 0.3 is 5.97 Å². The molecule has 0 spiro atoms. The topological polar surface area (TPSA) is 93.7 Å². The Morgan fingerprint density at radius 1 is 0.852 bits per heavy atom. The molecule has 0 bridgehead atoms. The van der Waals surface area contributed by atoms with Crippen molar-refractivity contribution in [1.82, 2.24) is 0 Å². The number of hydrogen-bond donors (Lipinski definition) is 2. The molecule has 0 saturated carbocycles. The molecule has 0 heterocycles. The fraction of sp³-hybridized carbons (Fsp3) is 0.250. The van der Waals surface area contributed by atoms with Crippen LogP contribution in [-0.4, -0.2) is 31.5 Å². The minimum absolute atomic E-state index is 0.0188. The number of hydrogen-bond acceptors (Lipinski definition) is 5. The molecule has 2 rings (SSSR count).